The van der Waals surface area contributed by atoms with Crippen molar-refractivity contribution in [1.29, 1.82) is 0 Å². The van der Waals surface area contributed by atoms with Gasteiger partial charge < -0.3 is 9.88 Å². The zero-order valence-electron chi connectivity index (χ0n) is 17.1. The predicted octanol–water partition coefficient (Wildman–Crippen LogP) is 6.50. The van der Waals surface area contributed by atoms with Crippen LogP contribution in [0.2, 0.25) is 0 Å². The molecule has 0 saturated carbocycles. The van der Waals surface area contributed by atoms with Crippen molar-refractivity contribution in [1.82, 2.24) is 14.8 Å². The third-order valence-electron chi connectivity index (χ3n) is 4.77. The summed E-state index contributed by atoms with van der Waals surface area (Å²) >= 11 is 6.51. The number of hydrogen-bond acceptors (Lipinski definition) is 5. The standard InChI is InChI=1S/C23H21BrN4OS2/c1-3-28-22(19-13-30-15(2)21(19)16-7-5-4-6-8-16)26-27-23(28)31-14-20(29)25-18-11-9-17(24)10-12-18/h4-13H,3,14H2,1-2H3,(H,25,29). The van der Waals surface area contributed by atoms with Gasteiger partial charge >= 0.3 is 0 Å². The first-order chi connectivity index (χ1) is 15.1. The molecule has 0 radical (unpaired) electrons. The van der Waals surface area contributed by atoms with Crippen LogP contribution in [-0.4, -0.2) is 26.4 Å². The summed E-state index contributed by atoms with van der Waals surface area (Å²) in [5.74, 6) is 1.03. The Hall–Kier alpha value is -2.42. The van der Waals surface area contributed by atoms with Crippen LogP contribution in [0.4, 0.5) is 5.69 Å². The van der Waals surface area contributed by atoms with Gasteiger partial charge in [-0.25, -0.2) is 0 Å². The molecular weight excluding hydrogens is 492 g/mol. The predicted molar refractivity (Wildman–Crippen MR) is 133 cm³/mol. The Morgan fingerprint density at radius 3 is 2.58 bits per heavy atom. The third-order valence-corrected chi connectivity index (χ3v) is 7.18. The number of nitrogens with one attached hydrogen (secondary N) is 1. The molecule has 1 N–H and O–H groups in total. The Kier molecular flexibility index (Phi) is 6.89. The van der Waals surface area contributed by atoms with Crippen LogP contribution < -0.4 is 5.32 Å². The molecule has 0 saturated heterocycles. The molecule has 0 atom stereocenters. The number of rotatable bonds is 7. The van der Waals surface area contributed by atoms with Gasteiger partial charge in [0.2, 0.25) is 5.91 Å². The van der Waals surface area contributed by atoms with Crippen molar-refractivity contribution in [2.75, 3.05) is 11.1 Å². The molecule has 0 aliphatic carbocycles. The van der Waals surface area contributed by atoms with Gasteiger partial charge in [0.1, 0.15) is 0 Å². The number of aromatic nitrogens is 3. The van der Waals surface area contributed by atoms with Gasteiger partial charge in [-0.3, -0.25) is 4.79 Å². The Labute approximate surface area is 198 Å². The zero-order chi connectivity index (χ0) is 21.8. The van der Waals surface area contributed by atoms with Crippen LogP contribution in [-0.2, 0) is 11.3 Å². The van der Waals surface area contributed by atoms with Gasteiger partial charge in [-0.15, -0.1) is 21.5 Å². The molecule has 5 nitrogen and oxygen atoms in total. The topological polar surface area (TPSA) is 59.8 Å². The van der Waals surface area contributed by atoms with Gasteiger partial charge in [-0.1, -0.05) is 58.0 Å². The summed E-state index contributed by atoms with van der Waals surface area (Å²) in [6, 6.07) is 17.9. The first kappa shape index (κ1) is 21.8. The normalized spacial score (nSPS) is 10.9. The molecular formula is C23H21BrN4OS2. The second kappa shape index (κ2) is 9.80. The highest BCUT2D eigenvalue weighted by Crippen LogP contribution is 2.39. The average molecular weight is 513 g/mol. The fourth-order valence-electron chi connectivity index (χ4n) is 3.32. The molecule has 0 aliphatic rings. The van der Waals surface area contributed by atoms with Crippen LogP contribution in [0, 0.1) is 6.92 Å². The van der Waals surface area contributed by atoms with E-state index in [1.54, 1.807) is 11.3 Å². The Bertz CT molecular complexity index is 1190. The number of thioether (sulfide) groups is 1. The van der Waals surface area contributed by atoms with E-state index in [1.165, 1.54) is 27.8 Å². The van der Waals surface area contributed by atoms with Gasteiger partial charge in [0.15, 0.2) is 11.0 Å². The molecule has 4 rings (SSSR count). The summed E-state index contributed by atoms with van der Waals surface area (Å²) in [6.45, 7) is 4.92. The SMILES string of the molecule is CCn1c(SCC(=O)Nc2ccc(Br)cc2)nnc1-c1csc(C)c1-c1ccccc1. The molecule has 2 aromatic carbocycles. The van der Waals surface area contributed by atoms with Crippen LogP contribution in [0.5, 0.6) is 0 Å². The van der Waals surface area contributed by atoms with E-state index in [4.69, 9.17) is 0 Å². The minimum atomic E-state index is -0.0733. The number of amides is 1. The number of hydrogen-bond donors (Lipinski definition) is 1. The van der Waals surface area contributed by atoms with Gasteiger partial charge in [-0.05, 0) is 43.7 Å². The Balaban J connectivity index is 1.54. The van der Waals surface area contributed by atoms with Gasteiger partial charge in [-0.2, -0.15) is 0 Å². The van der Waals surface area contributed by atoms with Crippen molar-refractivity contribution in [2.45, 2.75) is 25.5 Å². The van der Waals surface area contributed by atoms with E-state index in [2.05, 4.69) is 67.4 Å². The lowest BCUT2D eigenvalue weighted by Crippen LogP contribution is -2.14. The molecule has 0 bridgehead atoms. The zero-order valence-corrected chi connectivity index (χ0v) is 20.4. The van der Waals surface area contributed by atoms with Crippen molar-refractivity contribution < 1.29 is 4.79 Å². The van der Waals surface area contributed by atoms with Gasteiger partial charge in [0.25, 0.3) is 0 Å². The number of anilines is 1. The van der Waals surface area contributed by atoms with E-state index in [0.717, 1.165) is 33.2 Å². The van der Waals surface area contributed by atoms with Crippen molar-refractivity contribution in [3.05, 3.63) is 69.3 Å². The molecule has 0 spiro atoms. The van der Waals surface area contributed by atoms with E-state index in [0.29, 0.717) is 0 Å². The summed E-state index contributed by atoms with van der Waals surface area (Å²) in [5, 5.41) is 14.7. The van der Waals surface area contributed by atoms with E-state index in [1.807, 2.05) is 42.5 Å². The molecule has 0 fully saturated rings. The van der Waals surface area contributed by atoms with Crippen molar-refractivity contribution >= 4 is 50.6 Å². The van der Waals surface area contributed by atoms with Crippen LogP contribution in [0.1, 0.15) is 11.8 Å². The minimum absolute atomic E-state index is 0.0733. The van der Waals surface area contributed by atoms with Crippen molar-refractivity contribution in [2.24, 2.45) is 0 Å². The monoisotopic (exact) mass is 512 g/mol. The molecule has 0 unspecified atom stereocenters. The molecule has 1 amide bonds. The van der Waals surface area contributed by atoms with Crippen LogP contribution in [0.3, 0.4) is 0 Å². The number of halogens is 1. The first-order valence-electron chi connectivity index (χ1n) is 9.82. The summed E-state index contributed by atoms with van der Waals surface area (Å²) in [7, 11) is 0. The largest absolute Gasteiger partial charge is 0.325 e. The number of aryl methyl sites for hydroxylation is 1. The van der Waals surface area contributed by atoms with Crippen molar-refractivity contribution in [3.8, 4) is 22.5 Å². The van der Waals surface area contributed by atoms with E-state index < -0.39 is 0 Å². The van der Waals surface area contributed by atoms with Crippen LogP contribution >= 0.6 is 39.0 Å². The number of thiophene rings is 1. The van der Waals surface area contributed by atoms with Crippen LogP contribution in [0.25, 0.3) is 22.5 Å². The summed E-state index contributed by atoms with van der Waals surface area (Å²) in [6.07, 6.45) is 0. The lowest BCUT2D eigenvalue weighted by Gasteiger charge is -2.09. The molecule has 158 valence electrons. The Morgan fingerprint density at radius 2 is 1.87 bits per heavy atom. The fourth-order valence-corrected chi connectivity index (χ4v) is 5.25. The highest BCUT2D eigenvalue weighted by atomic mass is 79.9. The van der Waals surface area contributed by atoms with E-state index >= 15 is 0 Å². The maximum absolute atomic E-state index is 12.4. The molecule has 4 aromatic rings. The molecule has 31 heavy (non-hydrogen) atoms. The minimum Gasteiger partial charge on any atom is -0.325 e. The summed E-state index contributed by atoms with van der Waals surface area (Å²) in [5.41, 5.74) is 4.21. The Morgan fingerprint density at radius 1 is 1.13 bits per heavy atom. The van der Waals surface area contributed by atoms with E-state index in [9.17, 15) is 4.79 Å². The summed E-state index contributed by atoms with van der Waals surface area (Å²) in [4.78, 5) is 13.6. The number of benzene rings is 2. The highest BCUT2D eigenvalue weighted by Gasteiger charge is 2.20. The maximum Gasteiger partial charge on any atom is 0.234 e. The summed E-state index contributed by atoms with van der Waals surface area (Å²) < 4.78 is 3.05. The van der Waals surface area contributed by atoms with Gasteiger partial charge in [0, 0.05) is 38.1 Å². The molecule has 2 aromatic heterocycles. The fraction of sp³-hybridized carbons (Fsp3) is 0.174. The number of nitrogens with zero attached hydrogens (tertiary/aromatic N) is 3. The lowest BCUT2D eigenvalue weighted by atomic mass is 10.0. The quantitative estimate of drug-likeness (QED) is 0.287. The lowest BCUT2D eigenvalue weighted by molar-refractivity contribution is -0.113. The number of carbonyl (C=O) groups is 1. The third kappa shape index (κ3) is 4.92. The second-order valence-corrected chi connectivity index (χ2v) is 9.78. The van der Waals surface area contributed by atoms with Gasteiger partial charge in [0.05, 0.1) is 5.75 Å². The smallest absolute Gasteiger partial charge is 0.234 e. The molecule has 2 heterocycles. The second-order valence-electron chi connectivity index (χ2n) is 6.84. The maximum atomic E-state index is 12.4. The first-order valence-corrected chi connectivity index (χ1v) is 12.5. The number of carbonyl (C=O) groups excluding carboxylic acids is 1. The highest BCUT2D eigenvalue weighted by molar-refractivity contribution is 9.10. The van der Waals surface area contributed by atoms with Crippen LogP contribution in [0.15, 0.2) is 69.6 Å². The van der Waals surface area contributed by atoms with E-state index in [-0.39, 0.29) is 11.7 Å². The average Bonchev–Trinajstić information content (AvgIpc) is 3.37. The molecule has 8 heteroatoms. The molecule has 0 aliphatic heterocycles. The van der Waals surface area contributed by atoms with Crippen molar-refractivity contribution in [3.63, 3.8) is 0 Å².